The van der Waals surface area contributed by atoms with Crippen molar-refractivity contribution >= 4 is 11.0 Å². The second-order valence-electron chi connectivity index (χ2n) is 3.15. The summed E-state index contributed by atoms with van der Waals surface area (Å²) in [7, 11) is 1.75. The monoisotopic (exact) mass is 192 g/mol. The predicted molar refractivity (Wildman–Crippen MR) is 54.0 cm³/mol. The van der Waals surface area contributed by atoms with Crippen molar-refractivity contribution in [2.75, 3.05) is 6.54 Å². The van der Waals surface area contributed by atoms with Gasteiger partial charge in [0.2, 0.25) is 0 Å². The minimum atomic E-state index is -0.0431. The highest BCUT2D eigenvalue weighted by Gasteiger charge is 2.08. The molecule has 2 heterocycles. The number of imidazole rings is 1. The minimum absolute atomic E-state index is 0.0431. The maximum absolute atomic E-state index is 11.7. The molecule has 5 heteroatoms. The summed E-state index contributed by atoms with van der Waals surface area (Å²) in [5, 5.41) is 0. The highest BCUT2D eigenvalue weighted by Crippen LogP contribution is 2.08. The first kappa shape index (κ1) is 8.96. The Balaban J connectivity index is 2.81. The van der Waals surface area contributed by atoms with E-state index in [1.165, 1.54) is 0 Å². The van der Waals surface area contributed by atoms with Crippen LogP contribution in [0.5, 0.6) is 0 Å². The van der Waals surface area contributed by atoms with Gasteiger partial charge in [-0.1, -0.05) is 0 Å². The van der Waals surface area contributed by atoms with Crippen LogP contribution in [0.1, 0.15) is 0 Å². The van der Waals surface area contributed by atoms with Crippen LogP contribution >= 0.6 is 0 Å². The summed E-state index contributed by atoms with van der Waals surface area (Å²) >= 11 is 0. The standard InChI is InChI=1S/C9H12N4O/c1-12-7-2-4-11-6-8(7)13(5-3-10)9(12)14/h2,4,6H,3,5,10H2,1H3. The molecule has 0 aromatic carbocycles. The Morgan fingerprint density at radius 1 is 1.50 bits per heavy atom. The summed E-state index contributed by atoms with van der Waals surface area (Å²) in [5.41, 5.74) is 7.12. The molecule has 0 aliphatic heterocycles. The highest BCUT2D eigenvalue weighted by atomic mass is 16.1. The zero-order chi connectivity index (χ0) is 10.1. The molecule has 2 N–H and O–H groups in total. The fourth-order valence-electron chi connectivity index (χ4n) is 1.60. The van der Waals surface area contributed by atoms with Gasteiger partial charge in [-0.05, 0) is 6.07 Å². The minimum Gasteiger partial charge on any atom is -0.329 e. The van der Waals surface area contributed by atoms with Crippen LogP contribution in [0, 0.1) is 0 Å². The Morgan fingerprint density at radius 3 is 3.00 bits per heavy atom. The summed E-state index contributed by atoms with van der Waals surface area (Å²) in [4.78, 5) is 15.7. The molecule has 0 spiro atoms. The van der Waals surface area contributed by atoms with Crippen LogP contribution in [0.3, 0.4) is 0 Å². The number of hydrogen-bond acceptors (Lipinski definition) is 3. The number of fused-ring (bicyclic) bond motifs is 1. The average Bonchev–Trinajstić information content (AvgIpc) is 2.45. The third kappa shape index (κ3) is 1.13. The van der Waals surface area contributed by atoms with E-state index in [0.717, 1.165) is 11.0 Å². The fourth-order valence-corrected chi connectivity index (χ4v) is 1.60. The van der Waals surface area contributed by atoms with E-state index in [1.54, 1.807) is 28.6 Å². The molecule has 5 nitrogen and oxygen atoms in total. The maximum Gasteiger partial charge on any atom is 0.328 e. The number of aryl methyl sites for hydroxylation is 1. The van der Waals surface area contributed by atoms with Crippen LogP contribution in [0.4, 0.5) is 0 Å². The summed E-state index contributed by atoms with van der Waals surface area (Å²) in [6.07, 6.45) is 3.36. The molecule has 14 heavy (non-hydrogen) atoms. The molecule has 0 saturated heterocycles. The van der Waals surface area contributed by atoms with Gasteiger partial charge in [-0.2, -0.15) is 0 Å². The molecule has 0 unspecified atom stereocenters. The van der Waals surface area contributed by atoms with Gasteiger partial charge in [0.25, 0.3) is 0 Å². The van der Waals surface area contributed by atoms with Gasteiger partial charge in [0, 0.05) is 26.3 Å². The summed E-state index contributed by atoms with van der Waals surface area (Å²) < 4.78 is 3.25. The van der Waals surface area contributed by atoms with Crippen molar-refractivity contribution in [2.45, 2.75) is 6.54 Å². The van der Waals surface area contributed by atoms with Crippen LogP contribution in [0.15, 0.2) is 23.3 Å². The van der Waals surface area contributed by atoms with Crippen LogP contribution in [-0.2, 0) is 13.6 Å². The molecule has 0 bridgehead atoms. The molecule has 0 atom stereocenters. The Kier molecular flexibility index (Phi) is 2.09. The van der Waals surface area contributed by atoms with Crippen molar-refractivity contribution in [3.05, 3.63) is 28.9 Å². The molecule has 2 rings (SSSR count). The third-order valence-electron chi connectivity index (χ3n) is 2.30. The zero-order valence-electron chi connectivity index (χ0n) is 7.97. The van der Waals surface area contributed by atoms with E-state index < -0.39 is 0 Å². The van der Waals surface area contributed by atoms with E-state index in [2.05, 4.69) is 4.98 Å². The van der Waals surface area contributed by atoms with Gasteiger partial charge in [-0.3, -0.25) is 14.1 Å². The number of nitrogens with zero attached hydrogens (tertiary/aromatic N) is 3. The second-order valence-corrected chi connectivity index (χ2v) is 3.15. The lowest BCUT2D eigenvalue weighted by Gasteiger charge is -1.97. The number of nitrogens with two attached hydrogens (primary N) is 1. The van der Waals surface area contributed by atoms with E-state index in [-0.39, 0.29) is 5.69 Å². The number of hydrogen-bond donors (Lipinski definition) is 1. The summed E-state index contributed by atoms with van der Waals surface area (Å²) in [6.45, 7) is 0.982. The van der Waals surface area contributed by atoms with Gasteiger partial charge < -0.3 is 5.73 Å². The lowest BCUT2D eigenvalue weighted by molar-refractivity contribution is 0.675. The molecule has 0 amide bonds. The zero-order valence-corrected chi connectivity index (χ0v) is 7.97. The smallest absolute Gasteiger partial charge is 0.328 e. The predicted octanol–water partition coefficient (Wildman–Crippen LogP) is -0.306. The molecule has 0 fully saturated rings. The van der Waals surface area contributed by atoms with Crippen molar-refractivity contribution in [1.82, 2.24) is 14.1 Å². The Morgan fingerprint density at radius 2 is 2.29 bits per heavy atom. The van der Waals surface area contributed by atoms with Crippen LogP contribution in [0.2, 0.25) is 0 Å². The van der Waals surface area contributed by atoms with Crippen molar-refractivity contribution in [3.63, 3.8) is 0 Å². The third-order valence-corrected chi connectivity index (χ3v) is 2.30. The summed E-state index contributed by atoms with van der Waals surface area (Å²) in [6, 6.07) is 1.82. The van der Waals surface area contributed by atoms with Crippen LogP contribution in [-0.4, -0.2) is 20.7 Å². The van der Waals surface area contributed by atoms with Gasteiger partial charge >= 0.3 is 5.69 Å². The van der Waals surface area contributed by atoms with Gasteiger partial charge in [0.05, 0.1) is 17.2 Å². The van der Waals surface area contributed by atoms with Crippen molar-refractivity contribution < 1.29 is 0 Å². The summed E-state index contributed by atoms with van der Waals surface area (Å²) in [5.74, 6) is 0. The van der Waals surface area contributed by atoms with Crippen molar-refractivity contribution in [1.29, 1.82) is 0 Å². The molecule has 2 aromatic rings. The number of pyridine rings is 1. The topological polar surface area (TPSA) is 65.8 Å². The number of rotatable bonds is 2. The average molecular weight is 192 g/mol. The fraction of sp³-hybridized carbons (Fsp3) is 0.333. The number of aromatic nitrogens is 3. The maximum atomic E-state index is 11.7. The first-order valence-electron chi connectivity index (χ1n) is 4.45. The van der Waals surface area contributed by atoms with E-state index >= 15 is 0 Å². The highest BCUT2D eigenvalue weighted by molar-refractivity contribution is 5.74. The molecule has 0 saturated carbocycles. The van der Waals surface area contributed by atoms with Gasteiger partial charge in [-0.25, -0.2) is 4.79 Å². The molecule has 0 aliphatic carbocycles. The first-order chi connectivity index (χ1) is 6.75. The van der Waals surface area contributed by atoms with E-state index in [9.17, 15) is 4.79 Å². The molecule has 0 aliphatic rings. The van der Waals surface area contributed by atoms with Crippen molar-refractivity contribution in [2.24, 2.45) is 12.8 Å². The molecular weight excluding hydrogens is 180 g/mol. The largest absolute Gasteiger partial charge is 0.329 e. The Bertz CT molecular complexity index is 511. The van der Waals surface area contributed by atoms with Gasteiger partial charge in [-0.15, -0.1) is 0 Å². The normalized spacial score (nSPS) is 11.0. The first-order valence-corrected chi connectivity index (χ1v) is 4.45. The van der Waals surface area contributed by atoms with Gasteiger partial charge in [0.1, 0.15) is 0 Å². The SMILES string of the molecule is Cn1c(=O)n(CCN)c2cnccc21. The van der Waals surface area contributed by atoms with Crippen molar-refractivity contribution in [3.8, 4) is 0 Å². The van der Waals surface area contributed by atoms with E-state index in [1.807, 2.05) is 6.07 Å². The molecule has 2 aromatic heterocycles. The van der Waals surface area contributed by atoms with Gasteiger partial charge in [0.15, 0.2) is 0 Å². The second kappa shape index (κ2) is 3.26. The molecule has 0 radical (unpaired) electrons. The van der Waals surface area contributed by atoms with E-state index in [0.29, 0.717) is 13.1 Å². The molecule has 74 valence electrons. The molecular formula is C9H12N4O. The lowest BCUT2D eigenvalue weighted by Crippen LogP contribution is -2.25. The van der Waals surface area contributed by atoms with Crippen LogP contribution in [0.25, 0.3) is 11.0 Å². The Labute approximate surface area is 80.8 Å². The van der Waals surface area contributed by atoms with Crippen LogP contribution < -0.4 is 11.4 Å². The lowest BCUT2D eigenvalue weighted by atomic mass is 10.4. The van der Waals surface area contributed by atoms with E-state index in [4.69, 9.17) is 5.73 Å². The Hall–Kier alpha value is -1.62. The quantitative estimate of drug-likeness (QED) is 0.710.